The minimum absolute atomic E-state index is 0.0177. The molecule has 3 rings (SSSR count). The molecule has 0 saturated heterocycles. The number of aromatic nitrogens is 3. The van der Waals surface area contributed by atoms with Crippen LogP contribution in [0.1, 0.15) is 24.2 Å². The van der Waals surface area contributed by atoms with Crippen LogP contribution in [0.5, 0.6) is 0 Å². The van der Waals surface area contributed by atoms with Gasteiger partial charge in [-0.2, -0.15) is 5.10 Å². The van der Waals surface area contributed by atoms with Gasteiger partial charge >= 0.3 is 0 Å². The molecule has 6 nitrogen and oxygen atoms in total. The van der Waals surface area contributed by atoms with E-state index in [0.717, 1.165) is 16.6 Å². The van der Waals surface area contributed by atoms with Crippen LogP contribution in [0.2, 0.25) is 0 Å². The average molecular weight is 324 g/mol. The molecule has 0 fully saturated rings. The number of hydrogen-bond acceptors (Lipinski definition) is 3. The van der Waals surface area contributed by atoms with Crippen molar-refractivity contribution in [1.29, 1.82) is 0 Å². The lowest BCUT2D eigenvalue weighted by atomic mass is 10.1. The summed E-state index contributed by atoms with van der Waals surface area (Å²) in [7, 11) is 1.73. The van der Waals surface area contributed by atoms with Gasteiger partial charge in [0.05, 0.1) is 11.7 Å². The minimum atomic E-state index is -0.210. The second kappa shape index (κ2) is 6.31. The summed E-state index contributed by atoms with van der Waals surface area (Å²) < 4.78 is 2.98. The van der Waals surface area contributed by atoms with E-state index >= 15 is 0 Å². The third-order valence-corrected chi connectivity index (χ3v) is 4.14. The zero-order valence-corrected chi connectivity index (χ0v) is 14.0. The van der Waals surface area contributed by atoms with Crippen LogP contribution >= 0.6 is 0 Å². The fraction of sp³-hybridized carbons (Fsp3) is 0.278. The van der Waals surface area contributed by atoms with E-state index in [4.69, 9.17) is 0 Å². The van der Waals surface area contributed by atoms with E-state index in [1.807, 2.05) is 50.2 Å². The van der Waals surface area contributed by atoms with Gasteiger partial charge in [0.15, 0.2) is 0 Å². The first-order valence-electron chi connectivity index (χ1n) is 7.84. The van der Waals surface area contributed by atoms with E-state index in [0.29, 0.717) is 5.52 Å². The Morgan fingerprint density at radius 1 is 1.25 bits per heavy atom. The Balaban J connectivity index is 1.80. The van der Waals surface area contributed by atoms with Crippen LogP contribution in [-0.4, -0.2) is 20.3 Å². The molecule has 0 saturated carbocycles. The van der Waals surface area contributed by atoms with Gasteiger partial charge in [0.2, 0.25) is 5.91 Å². The van der Waals surface area contributed by atoms with Crippen molar-refractivity contribution in [3.05, 3.63) is 64.2 Å². The number of nitrogens with zero attached hydrogens (tertiary/aromatic N) is 3. The van der Waals surface area contributed by atoms with Gasteiger partial charge in [0.1, 0.15) is 12.1 Å². The van der Waals surface area contributed by atoms with E-state index in [2.05, 4.69) is 10.4 Å². The molecule has 1 amide bonds. The molecule has 124 valence electrons. The molecule has 0 unspecified atom stereocenters. The van der Waals surface area contributed by atoms with Crippen molar-refractivity contribution in [2.45, 2.75) is 26.4 Å². The molecule has 2 heterocycles. The van der Waals surface area contributed by atoms with Crippen LogP contribution < -0.4 is 10.9 Å². The Hall–Kier alpha value is -2.89. The normalized spacial score (nSPS) is 12.3. The highest BCUT2D eigenvalue weighted by Crippen LogP contribution is 2.13. The lowest BCUT2D eigenvalue weighted by molar-refractivity contribution is -0.122. The summed E-state index contributed by atoms with van der Waals surface area (Å²) >= 11 is 0. The molecule has 1 atom stereocenters. The number of fused-ring (bicyclic) bond motifs is 1. The van der Waals surface area contributed by atoms with Crippen molar-refractivity contribution < 1.29 is 4.79 Å². The molecule has 2 aromatic heterocycles. The minimum Gasteiger partial charge on any atom is -0.348 e. The fourth-order valence-electron chi connectivity index (χ4n) is 2.89. The third kappa shape index (κ3) is 2.95. The Morgan fingerprint density at radius 3 is 2.67 bits per heavy atom. The van der Waals surface area contributed by atoms with Crippen molar-refractivity contribution in [3.63, 3.8) is 0 Å². The summed E-state index contributed by atoms with van der Waals surface area (Å²) in [5.41, 5.74) is 2.13. The number of carbonyl (C=O) groups is 1. The van der Waals surface area contributed by atoms with Crippen LogP contribution in [0.15, 0.2) is 47.4 Å². The summed E-state index contributed by atoms with van der Waals surface area (Å²) in [5, 5.41) is 8.00. The number of hydrogen-bond donors (Lipinski definition) is 1. The van der Waals surface area contributed by atoms with Crippen molar-refractivity contribution in [2.24, 2.45) is 7.05 Å². The van der Waals surface area contributed by atoms with Gasteiger partial charge in [-0.15, -0.1) is 0 Å². The van der Waals surface area contributed by atoms with Gasteiger partial charge in [0, 0.05) is 18.6 Å². The summed E-state index contributed by atoms with van der Waals surface area (Å²) in [6, 6.07) is 11.4. The predicted octanol–water partition coefficient (Wildman–Crippen LogP) is 1.92. The monoisotopic (exact) mass is 324 g/mol. The van der Waals surface area contributed by atoms with E-state index in [1.54, 1.807) is 17.9 Å². The van der Waals surface area contributed by atoms with Crippen LogP contribution in [0.25, 0.3) is 10.9 Å². The molecule has 1 N–H and O–H groups in total. The van der Waals surface area contributed by atoms with Crippen molar-refractivity contribution in [2.75, 3.05) is 0 Å². The summed E-state index contributed by atoms with van der Waals surface area (Å²) in [6.07, 6.45) is 1.64. The SMILES string of the molecule is Cc1nn(C)c2c(=O)n(CC(=O)N[C@@H](C)c3ccccc3)ccc12. The Bertz CT molecular complexity index is 941. The molecule has 0 aliphatic carbocycles. The van der Waals surface area contributed by atoms with Crippen molar-refractivity contribution >= 4 is 16.8 Å². The highest BCUT2D eigenvalue weighted by atomic mass is 16.2. The van der Waals surface area contributed by atoms with Crippen LogP contribution in [-0.2, 0) is 18.4 Å². The van der Waals surface area contributed by atoms with Crippen LogP contribution in [0.3, 0.4) is 0 Å². The van der Waals surface area contributed by atoms with Gasteiger partial charge in [0.25, 0.3) is 5.56 Å². The quantitative estimate of drug-likeness (QED) is 0.797. The largest absolute Gasteiger partial charge is 0.348 e. The van der Waals surface area contributed by atoms with E-state index in [9.17, 15) is 9.59 Å². The smallest absolute Gasteiger partial charge is 0.277 e. The Morgan fingerprint density at radius 2 is 1.96 bits per heavy atom. The molecule has 1 aromatic carbocycles. The number of rotatable bonds is 4. The molecular formula is C18H20N4O2. The van der Waals surface area contributed by atoms with Gasteiger partial charge in [-0.3, -0.25) is 14.3 Å². The van der Waals surface area contributed by atoms with E-state index < -0.39 is 0 Å². The molecule has 0 spiro atoms. The van der Waals surface area contributed by atoms with Gasteiger partial charge in [-0.05, 0) is 25.5 Å². The van der Waals surface area contributed by atoms with Crippen LogP contribution in [0.4, 0.5) is 0 Å². The highest BCUT2D eigenvalue weighted by molar-refractivity contribution is 5.81. The third-order valence-electron chi connectivity index (χ3n) is 4.14. The average Bonchev–Trinajstić information content (AvgIpc) is 2.85. The zero-order chi connectivity index (χ0) is 17.3. The first-order chi connectivity index (χ1) is 11.5. The molecule has 0 aliphatic rings. The van der Waals surface area contributed by atoms with Gasteiger partial charge < -0.3 is 9.88 Å². The molecule has 6 heteroatoms. The lowest BCUT2D eigenvalue weighted by Gasteiger charge is -2.15. The molecular weight excluding hydrogens is 304 g/mol. The fourth-order valence-corrected chi connectivity index (χ4v) is 2.89. The first kappa shape index (κ1) is 16.0. The number of pyridine rings is 1. The van der Waals surface area contributed by atoms with Crippen molar-refractivity contribution in [1.82, 2.24) is 19.7 Å². The van der Waals surface area contributed by atoms with Gasteiger partial charge in [-0.25, -0.2) is 0 Å². The second-order valence-electron chi connectivity index (χ2n) is 5.92. The van der Waals surface area contributed by atoms with E-state index in [-0.39, 0.29) is 24.1 Å². The lowest BCUT2D eigenvalue weighted by Crippen LogP contribution is -2.34. The summed E-state index contributed by atoms with van der Waals surface area (Å²) in [4.78, 5) is 24.9. The zero-order valence-electron chi connectivity index (χ0n) is 14.0. The molecule has 0 aliphatic heterocycles. The standard InChI is InChI=1S/C18H20N4O2/c1-12(14-7-5-4-6-8-14)19-16(23)11-22-10-9-15-13(2)20-21(3)17(15)18(22)24/h4-10,12H,11H2,1-3H3,(H,19,23)/t12-/m0/s1. The molecule has 3 aromatic rings. The summed E-state index contributed by atoms with van der Waals surface area (Å²) in [6.45, 7) is 3.76. The molecule has 0 radical (unpaired) electrons. The Labute approximate surface area is 139 Å². The highest BCUT2D eigenvalue weighted by Gasteiger charge is 2.14. The summed E-state index contributed by atoms with van der Waals surface area (Å²) in [5.74, 6) is -0.202. The van der Waals surface area contributed by atoms with Crippen LogP contribution in [0, 0.1) is 6.92 Å². The van der Waals surface area contributed by atoms with Crippen molar-refractivity contribution in [3.8, 4) is 0 Å². The maximum absolute atomic E-state index is 12.6. The number of benzene rings is 1. The number of carbonyl (C=O) groups excluding carboxylic acids is 1. The molecule has 0 bridgehead atoms. The predicted molar refractivity (Wildman–Crippen MR) is 92.7 cm³/mol. The number of aryl methyl sites for hydroxylation is 2. The topological polar surface area (TPSA) is 68.9 Å². The molecule has 24 heavy (non-hydrogen) atoms. The second-order valence-corrected chi connectivity index (χ2v) is 5.92. The maximum Gasteiger partial charge on any atom is 0.277 e. The first-order valence-corrected chi connectivity index (χ1v) is 7.84. The number of amides is 1. The number of nitrogens with one attached hydrogen (secondary N) is 1. The maximum atomic E-state index is 12.6. The Kier molecular flexibility index (Phi) is 4.20. The van der Waals surface area contributed by atoms with Gasteiger partial charge in [-0.1, -0.05) is 30.3 Å². The van der Waals surface area contributed by atoms with E-state index in [1.165, 1.54) is 4.57 Å².